The van der Waals surface area contributed by atoms with Crippen molar-refractivity contribution in [3.8, 4) is 0 Å². The van der Waals surface area contributed by atoms with E-state index in [2.05, 4.69) is 10.3 Å². The van der Waals surface area contributed by atoms with Gasteiger partial charge in [-0.05, 0) is 19.4 Å². The number of carbonyl (C=O) groups is 1. The van der Waals surface area contributed by atoms with Crippen LogP contribution in [-0.4, -0.2) is 22.8 Å². The second-order valence-corrected chi connectivity index (χ2v) is 3.62. The molecule has 0 aliphatic carbocycles. The third kappa shape index (κ3) is 3.83. The average molecular weight is 231 g/mol. The van der Waals surface area contributed by atoms with Gasteiger partial charge in [0.2, 0.25) is 0 Å². The number of alkyl halides is 1. The Kier molecular flexibility index (Phi) is 4.49. The molecule has 1 aromatic rings. The van der Waals surface area contributed by atoms with Crippen molar-refractivity contribution in [1.82, 2.24) is 10.3 Å². The van der Waals surface area contributed by atoms with E-state index in [-0.39, 0.29) is 17.5 Å². The second-order valence-electron chi connectivity index (χ2n) is 3.24. The van der Waals surface area contributed by atoms with Gasteiger partial charge in [-0.15, -0.1) is 11.6 Å². The molecule has 1 amide bonds. The van der Waals surface area contributed by atoms with E-state index in [0.717, 1.165) is 12.3 Å². The van der Waals surface area contributed by atoms with E-state index in [1.165, 1.54) is 6.20 Å². The Hall–Kier alpha value is -1.16. The van der Waals surface area contributed by atoms with Crippen molar-refractivity contribution in [3.63, 3.8) is 0 Å². The maximum absolute atomic E-state index is 12.7. The van der Waals surface area contributed by atoms with Crippen LogP contribution in [0.15, 0.2) is 18.5 Å². The van der Waals surface area contributed by atoms with Crippen molar-refractivity contribution in [2.45, 2.75) is 19.4 Å². The zero-order valence-corrected chi connectivity index (χ0v) is 9.09. The molecule has 0 saturated carbocycles. The van der Waals surface area contributed by atoms with E-state index in [1.54, 1.807) is 0 Å². The lowest BCUT2D eigenvalue weighted by Gasteiger charge is -2.11. The molecule has 0 saturated heterocycles. The molecular weight excluding hydrogens is 219 g/mol. The normalized spacial score (nSPS) is 12.2. The lowest BCUT2D eigenvalue weighted by molar-refractivity contribution is 0.0938. The first-order chi connectivity index (χ1) is 7.13. The van der Waals surface area contributed by atoms with Crippen molar-refractivity contribution >= 4 is 17.5 Å². The highest BCUT2D eigenvalue weighted by Gasteiger charge is 2.10. The number of halogens is 2. The predicted molar refractivity (Wildman–Crippen MR) is 56.5 cm³/mol. The molecular formula is C10H12ClFN2O. The third-order valence-electron chi connectivity index (χ3n) is 1.89. The summed E-state index contributed by atoms with van der Waals surface area (Å²) in [4.78, 5) is 15.1. The monoisotopic (exact) mass is 230 g/mol. The lowest BCUT2D eigenvalue weighted by atomic mass is 10.2. The molecule has 5 heteroatoms. The summed E-state index contributed by atoms with van der Waals surface area (Å²) < 4.78 is 12.7. The van der Waals surface area contributed by atoms with Crippen molar-refractivity contribution < 1.29 is 9.18 Å². The summed E-state index contributed by atoms with van der Waals surface area (Å²) in [6.07, 6.45) is 3.06. The summed E-state index contributed by atoms with van der Waals surface area (Å²) in [5, 5.41) is 2.69. The van der Waals surface area contributed by atoms with Crippen LogP contribution in [0.5, 0.6) is 0 Å². The van der Waals surface area contributed by atoms with Crippen LogP contribution in [-0.2, 0) is 0 Å². The maximum atomic E-state index is 12.7. The van der Waals surface area contributed by atoms with Gasteiger partial charge in [0.05, 0.1) is 11.8 Å². The van der Waals surface area contributed by atoms with E-state index >= 15 is 0 Å². The first-order valence-corrected chi connectivity index (χ1v) is 5.14. The van der Waals surface area contributed by atoms with Crippen LogP contribution < -0.4 is 5.32 Å². The minimum absolute atomic E-state index is 0.0294. The number of hydrogen-bond acceptors (Lipinski definition) is 2. The van der Waals surface area contributed by atoms with Gasteiger partial charge in [0.1, 0.15) is 5.82 Å². The number of nitrogens with zero attached hydrogens (tertiary/aromatic N) is 1. The largest absolute Gasteiger partial charge is 0.349 e. The van der Waals surface area contributed by atoms with Crippen LogP contribution in [0.25, 0.3) is 0 Å². The molecule has 15 heavy (non-hydrogen) atoms. The van der Waals surface area contributed by atoms with Crippen molar-refractivity contribution in [2.24, 2.45) is 0 Å². The van der Waals surface area contributed by atoms with Crippen LogP contribution >= 0.6 is 11.6 Å². The average Bonchev–Trinajstić information content (AvgIpc) is 2.18. The number of pyridine rings is 1. The molecule has 1 N–H and O–H groups in total. The Bertz CT molecular complexity index is 346. The summed E-state index contributed by atoms with van der Waals surface area (Å²) in [5.41, 5.74) is 0.219. The van der Waals surface area contributed by atoms with Crippen molar-refractivity contribution in [2.75, 3.05) is 5.88 Å². The molecule has 0 fully saturated rings. The Balaban J connectivity index is 2.61. The van der Waals surface area contributed by atoms with Gasteiger partial charge in [0.25, 0.3) is 5.91 Å². The Labute approximate surface area is 92.7 Å². The molecule has 0 aromatic carbocycles. The van der Waals surface area contributed by atoms with Crippen LogP contribution in [0, 0.1) is 5.82 Å². The molecule has 0 aliphatic rings. The zero-order valence-electron chi connectivity index (χ0n) is 8.34. The Morgan fingerprint density at radius 1 is 1.67 bits per heavy atom. The fourth-order valence-corrected chi connectivity index (χ4v) is 1.41. The lowest BCUT2D eigenvalue weighted by Crippen LogP contribution is -2.32. The van der Waals surface area contributed by atoms with Gasteiger partial charge in [0.15, 0.2) is 0 Å². The van der Waals surface area contributed by atoms with Gasteiger partial charge in [-0.2, -0.15) is 0 Å². The zero-order chi connectivity index (χ0) is 11.3. The predicted octanol–water partition coefficient (Wildman–Crippen LogP) is 1.97. The van der Waals surface area contributed by atoms with Crippen LogP contribution in [0.2, 0.25) is 0 Å². The van der Waals surface area contributed by atoms with Crippen LogP contribution in [0.4, 0.5) is 4.39 Å². The fourth-order valence-electron chi connectivity index (χ4n) is 1.08. The first-order valence-electron chi connectivity index (χ1n) is 4.61. The summed E-state index contributed by atoms with van der Waals surface area (Å²) >= 11 is 5.53. The van der Waals surface area contributed by atoms with Crippen molar-refractivity contribution in [3.05, 3.63) is 29.8 Å². The number of rotatable bonds is 4. The van der Waals surface area contributed by atoms with Gasteiger partial charge in [-0.3, -0.25) is 9.78 Å². The van der Waals surface area contributed by atoms with Crippen LogP contribution in [0.3, 0.4) is 0 Å². The molecule has 0 aliphatic heterocycles. The topological polar surface area (TPSA) is 42.0 Å². The first kappa shape index (κ1) is 11.9. The fraction of sp³-hybridized carbons (Fsp3) is 0.400. The van der Waals surface area contributed by atoms with Gasteiger partial charge >= 0.3 is 0 Å². The highest BCUT2D eigenvalue weighted by molar-refractivity contribution is 6.17. The molecule has 0 spiro atoms. The molecule has 0 bridgehead atoms. The number of hydrogen-bond donors (Lipinski definition) is 1. The second kappa shape index (κ2) is 5.66. The molecule has 1 atom stereocenters. The summed E-state index contributed by atoms with van der Waals surface area (Å²) in [6, 6.07) is 1.12. The number of nitrogens with one attached hydrogen (secondary N) is 1. The summed E-state index contributed by atoms with van der Waals surface area (Å²) in [7, 11) is 0. The van der Waals surface area contributed by atoms with E-state index in [9.17, 15) is 9.18 Å². The minimum Gasteiger partial charge on any atom is -0.349 e. The highest BCUT2D eigenvalue weighted by atomic mass is 35.5. The number of amides is 1. The maximum Gasteiger partial charge on any atom is 0.253 e. The molecule has 82 valence electrons. The molecule has 1 heterocycles. The minimum atomic E-state index is -0.521. The smallest absolute Gasteiger partial charge is 0.253 e. The van der Waals surface area contributed by atoms with Gasteiger partial charge < -0.3 is 5.32 Å². The van der Waals surface area contributed by atoms with E-state index in [1.807, 2.05) is 6.92 Å². The number of aromatic nitrogens is 1. The molecule has 1 unspecified atom stereocenters. The van der Waals surface area contributed by atoms with Gasteiger partial charge in [0, 0.05) is 18.1 Å². The summed E-state index contributed by atoms with van der Waals surface area (Å²) in [6.45, 7) is 1.84. The SMILES string of the molecule is CC(CCCl)NC(=O)c1cncc(F)c1. The standard InChI is InChI=1S/C10H12ClFN2O/c1-7(2-3-11)14-10(15)8-4-9(12)6-13-5-8/h4-7H,2-3H2,1H3,(H,14,15). The van der Waals surface area contributed by atoms with Gasteiger partial charge in [-0.1, -0.05) is 0 Å². The molecule has 1 rings (SSSR count). The molecule has 1 aromatic heterocycles. The Morgan fingerprint density at radius 2 is 2.40 bits per heavy atom. The van der Waals surface area contributed by atoms with Crippen LogP contribution in [0.1, 0.15) is 23.7 Å². The molecule has 0 radical (unpaired) electrons. The number of carbonyl (C=O) groups excluding carboxylic acids is 1. The van der Waals surface area contributed by atoms with Gasteiger partial charge in [-0.25, -0.2) is 4.39 Å². The summed E-state index contributed by atoms with van der Waals surface area (Å²) in [5.74, 6) is -0.379. The van der Waals surface area contributed by atoms with E-state index in [0.29, 0.717) is 12.3 Å². The highest BCUT2D eigenvalue weighted by Crippen LogP contribution is 2.02. The van der Waals surface area contributed by atoms with Crippen molar-refractivity contribution in [1.29, 1.82) is 0 Å². The quantitative estimate of drug-likeness (QED) is 0.804. The van der Waals surface area contributed by atoms with E-state index in [4.69, 9.17) is 11.6 Å². The molecule has 3 nitrogen and oxygen atoms in total. The third-order valence-corrected chi connectivity index (χ3v) is 2.10. The van der Waals surface area contributed by atoms with E-state index < -0.39 is 5.82 Å². The Morgan fingerprint density at radius 3 is 3.00 bits per heavy atom.